The number of amides is 1. The summed E-state index contributed by atoms with van der Waals surface area (Å²) >= 11 is 0. The average Bonchev–Trinajstić information content (AvgIpc) is 3.22. The fourth-order valence-electron chi connectivity index (χ4n) is 4.17. The maximum absolute atomic E-state index is 13.0. The summed E-state index contributed by atoms with van der Waals surface area (Å²) < 4.78 is 10.9. The SMILES string of the molecule is COC(=O)[C@@H]1[C@@H]2C=C[C@]3(CN([C@@H](C)c4ccccc4)C(=O)[C@H]13)O2. The van der Waals surface area contributed by atoms with Gasteiger partial charge in [0.25, 0.3) is 0 Å². The summed E-state index contributed by atoms with van der Waals surface area (Å²) in [7, 11) is 1.36. The molecule has 120 valence electrons. The van der Waals surface area contributed by atoms with E-state index in [1.807, 2.05) is 54.3 Å². The monoisotopic (exact) mass is 313 g/mol. The van der Waals surface area contributed by atoms with E-state index >= 15 is 0 Å². The van der Waals surface area contributed by atoms with Crippen molar-refractivity contribution in [3.63, 3.8) is 0 Å². The van der Waals surface area contributed by atoms with E-state index in [2.05, 4.69) is 0 Å². The molecule has 1 amide bonds. The Balaban J connectivity index is 1.67. The van der Waals surface area contributed by atoms with Gasteiger partial charge in [0, 0.05) is 0 Å². The Bertz CT molecular complexity index is 686. The van der Waals surface area contributed by atoms with Crippen LogP contribution in [-0.4, -0.2) is 42.1 Å². The Labute approximate surface area is 134 Å². The molecule has 0 N–H and O–H groups in total. The highest BCUT2D eigenvalue weighted by molar-refractivity contribution is 5.91. The summed E-state index contributed by atoms with van der Waals surface area (Å²) in [5.41, 5.74) is 0.397. The number of hydrogen-bond acceptors (Lipinski definition) is 4. The van der Waals surface area contributed by atoms with Crippen molar-refractivity contribution < 1.29 is 19.1 Å². The third-order valence-electron chi connectivity index (χ3n) is 5.35. The number of rotatable bonds is 3. The van der Waals surface area contributed by atoms with Crippen molar-refractivity contribution in [2.24, 2.45) is 11.8 Å². The van der Waals surface area contributed by atoms with E-state index in [0.717, 1.165) is 5.56 Å². The number of benzene rings is 1. The summed E-state index contributed by atoms with van der Waals surface area (Å²) in [4.78, 5) is 27.0. The number of esters is 1. The lowest BCUT2D eigenvalue weighted by Gasteiger charge is -2.27. The van der Waals surface area contributed by atoms with Crippen LogP contribution in [0.3, 0.4) is 0 Å². The molecule has 0 aromatic heterocycles. The van der Waals surface area contributed by atoms with Crippen LogP contribution in [0.1, 0.15) is 18.5 Å². The zero-order chi connectivity index (χ0) is 16.2. The van der Waals surface area contributed by atoms with Crippen LogP contribution >= 0.6 is 0 Å². The van der Waals surface area contributed by atoms with Gasteiger partial charge in [-0.05, 0) is 12.5 Å². The van der Waals surface area contributed by atoms with E-state index in [0.29, 0.717) is 6.54 Å². The fourth-order valence-corrected chi connectivity index (χ4v) is 4.17. The molecule has 1 spiro atoms. The quantitative estimate of drug-likeness (QED) is 0.629. The summed E-state index contributed by atoms with van der Waals surface area (Å²) in [6, 6.07) is 9.84. The van der Waals surface area contributed by atoms with Gasteiger partial charge in [-0.3, -0.25) is 9.59 Å². The third-order valence-corrected chi connectivity index (χ3v) is 5.35. The van der Waals surface area contributed by atoms with Crippen LogP contribution < -0.4 is 0 Å². The maximum atomic E-state index is 13.0. The molecule has 23 heavy (non-hydrogen) atoms. The van der Waals surface area contributed by atoms with Crippen LogP contribution in [0, 0.1) is 11.8 Å². The van der Waals surface area contributed by atoms with E-state index in [1.165, 1.54) is 7.11 Å². The van der Waals surface area contributed by atoms with Crippen molar-refractivity contribution in [3.8, 4) is 0 Å². The number of methoxy groups -OCH3 is 1. The van der Waals surface area contributed by atoms with Gasteiger partial charge in [0.05, 0.1) is 31.7 Å². The third kappa shape index (κ3) is 1.89. The predicted molar refractivity (Wildman–Crippen MR) is 82.3 cm³/mol. The number of likely N-dealkylation sites (tertiary alicyclic amines) is 1. The standard InChI is InChI=1S/C18H19NO4/c1-11(12-6-4-3-5-7-12)19-10-18-9-8-13(23-18)14(17(21)22-2)15(18)16(19)20/h3-9,11,13-15H,10H2,1-2H3/t11-,13-,14+,15-,18+/m0/s1. The van der Waals surface area contributed by atoms with Crippen LogP contribution in [-0.2, 0) is 19.1 Å². The molecule has 2 bridgehead atoms. The van der Waals surface area contributed by atoms with E-state index in [9.17, 15) is 9.59 Å². The van der Waals surface area contributed by atoms with Crippen molar-refractivity contribution in [2.75, 3.05) is 13.7 Å². The molecule has 0 aliphatic carbocycles. The highest BCUT2D eigenvalue weighted by Crippen LogP contribution is 2.53. The Morgan fingerprint density at radius 1 is 1.39 bits per heavy atom. The maximum Gasteiger partial charge on any atom is 0.312 e. The molecule has 5 nitrogen and oxygen atoms in total. The Kier molecular flexibility index (Phi) is 3.10. The van der Waals surface area contributed by atoms with Crippen LogP contribution in [0.5, 0.6) is 0 Å². The molecule has 2 fully saturated rings. The van der Waals surface area contributed by atoms with Crippen LogP contribution in [0.25, 0.3) is 0 Å². The Morgan fingerprint density at radius 2 is 2.13 bits per heavy atom. The fraction of sp³-hybridized carbons (Fsp3) is 0.444. The number of carbonyl (C=O) groups is 2. The molecule has 5 atom stereocenters. The minimum Gasteiger partial charge on any atom is -0.469 e. The molecular formula is C18H19NO4. The normalized spacial score (nSPS) is 35.5. The second-order valence-electron chi connectivity index (χ2n) is 6.48. The first kappa shape index (κ1) is 14.5. The molecule has 3 aliphatic rings. The molecular weight excluding hydrogens is 294 g/mol. The van der Waals surface area contributed by atoms with E-state index in [4.69, 9.17) is 9.47 Å². The van der Waals surface area contributed by atoms with E-state index in [1.54, 1.807) is 0 Å². The largest absolute Gasteiger partial charge is 0.469 e. The summed E-state index contributed by atoms with van der Waals surface area (Å²) in [5.74, 6) is -1.40. The number of hydrogen-bond donors (Lipinski definition) is 0. The van der Waals surface area contributed by atoms with Crippen LogP contribution in [0.2, 0.25) is 0 Å². The lowest BCUT2D eigenvalue weighted by Crippen LogP contribution is -2.39. The summed E-state index contributed by atoms with van der Waals surface area (Å²) in [5, 5.41) is 0. The molecule has 1 aromatic carbocycles. The lowest BCUT2D eigenvalue weighted by atomic mass is 9.77. The van der Waals surface area contributed by atoms with E-state index < -0.39 is 17.4 Å². The van der Waals surface area contributed by atoms with Crippen molar-refractivity contribution in [3.05, 3.63) is 48.0 Å². The highest BCUT2D eigenvalue weighted by atomic mass is 16.5. The summed E-state index contributed by atoms with van der Waals surface area (Å²) in [6.07, 6.45) is 3.50. The second-order valence-corrected chi connectivity index (χ2v) is 6.48. The van der Waals surface area contributed by atoms with Crippen molar-refractivity contribution in [1.29, 1.82) is 0 Å². The van der Waals surface area contributed by atoms with Crippen LogP contribution in [0.4, 0.5) is 0 Å². The number of carbonyl (C=O) groups excluding carboxylic acids is 2. The zero-order valence-electron chi connectivity index (χ0n) is 13.1. The van der Waals surface area contributed by atoms with Gasteiger partial charge in [-0.25, -0.2) is 0 Å². The Morgan fingerprint density at radius 3 is 2.83 bits per heavy atom. The number of ether oxygens (including phenoxy) is 2. The van der Waals surface area contributed by atoms with Gasteiger partial charge >= 0.3 is 5.97 Å². The van der Waals surface area contributed by atoms with Gasteiger partial charge in [0.1, 0.15) is 11.5 Å². The predicted octanol–water partition coefficient (Wildman–Crippen LogP) is 1.70. The average molecular weight is 313 g/mol. The number of nitrogens with zero attached hydrogens (tertiary/aromatic N) is 1. The van der Waals surface area contributed by atoms with Gasteiger partial charge < -0.3 is 14.4 Å². The van der Waals surface area contributed by atoms with Crippen LogP contribution in [0.15, 0.2) is 42.5 Å². The minimum atomic E-state index is -0.677. The molecule has 5 heteroatoms. The van der Waals surface area contributed by atoms with Gasteiger partial charge in [-0.15, -0.1) is 0 Å². The van der Waals surface area contributed by atoms with Crippen molar-refractivity contribution in [2.45, 2.75) is 24.7 Å². The molecule has 0 radical (unpaired) electrons. The topological polar surface area (TPSA) is 55.8 Å². The van der Waals surface area contributed by atoms with E-state index in [-0.39, 0.29) is 24.0 Å². The highest BCUT2D eigenvalue weighted by Gasteiger charge is 2.67. The molecule has 2 saturated heterocycles. The van der Waals surface area contributed by atoms with Gasteiger partial charge in [0.2, 0.25) is 5.91 Å². The molecule has 3 aliphatic heterocycles. The van der Waals surface area contributed by atoms with Gasteiger partial charge in [-0.1, -0.05) is 42.5 Å². The molecule has 0 saturated carbocycles. The first-order valence-electron chi connectivity index (χ1n) is 7.88. The minimum absolute atomic E-state index is 0.0244. The molecule has 1 aromatic rings. The molecule has 4 rings (SSSR count). The Hall–Kier alpha value is -2.14. The number of fused-ring (bicyclic) bond motifs is 1. The first-order chi connectivity index (χ1) is 11.1. The van der Waals surface area contributed by atoms with Gasteiger partial charge in [-0.2, -0.15) is 0 Å². The second kappa shape index (κ2) is 4.93. The van der Waals surface area contributed by atoms with Crippen molar-refractivity contribution in [1.82, 2.24) is 4.90 Å². The smallest absolute Gasteiger partial charge is 0.312 e. The first-order valence-corrected chi connectivity index (χ1v) is 7.88. The van der Waals surface area contributed by atoms with Crippen molar-refractivity contribution >= 4 is 11.9 Å². The zero-order valence-corrected chi connectivity index (χ0v) is 13.1. The summed E-state index contributed by atoms with van der Waals surface area (Å²) in [6.45, 7) is 2.49. The molecule has 0 unspecified atom stereocenters. The van der Waals surface area contributed by atoms with Gasteiger partial charge in [0.15, 0.2) is 0 Å². The molecule has 3 heterocycles. The lowest BCUT2D eigenvalue weighted by molar-refractivity contribution is -0.151.